The predicted octanol–water partition coefficient (Wildman–Crippen LogP) is 9.67. The first kappa shape index (κ1) is 41.7. The summed E-state index contributed by atoms with van der Waals surface area (Å²) in [5.41, 5.74) is 0.994. The van der Waals surface area contributed by atoms with E-state index >= 15 is 0 Å². The van der Waals surface area contributed by atoms with Crippen molar-refractivity contribution < 1.29 is 33.8 Å². The van der Waals surface area contributed by atoms with Crippen LogP contribution < -0.4 is 0 Å². The second-order valence-electron chi connectivity index (χ2n) is 22.6. The van der Waals surface area contributed by atoms with Gasteiger partial charge in [0.15, 0.2) is 11.5 Å². The van der Waals surface area contributed by atoms with Gasteiger partial charge in [0.05, 0.1) is 11.8 Å². The minimum Gasteiger partial charge on any atom is -0.481 e. The zero-order valence-electron chi connectivity index (χ0n) is 36.8. The molecule has 0 radical (unpaired) electrons. The molecule has 1 N–H and O–H groups in total. The number of carbonyl (C=O) groups excluding carboxylic acids is 3. The number of fused-ring (bicyclic) bond motifs is 7. The van der Waals surface area contributed by atoms with Crippen molar-refractivity contribution in [2.24, 2.45) is 62.1 Å². The van der Waals surface area contributed by atoms with Gasteiger partial charge in [0, 0.05) is 36.9 Å². The first-order valence-corrected chi connectivity index (χ1v) is 22.4. The number of carboxylic acid groups (broad SMARTS) is 1. The average molecular weight is 779 g/mol. The Morgan fingerprint density at radius 2 is 1.59 bits per heavy atom. The summed E-state index contributed by atoms with van der Waals surface area (Å²) in [7, 11) is 0. The Morgan fingerprint density at radius 1 is 0.893 bits per heavy atom. The van der Waals surface area contributed by atoms with Gasteiger partial charge in [-0.1, -0.05) is 54.0 Å². The molecule has 0 aromatic rings. The Labute approximate surface area is 337 Å². The number of hydrogen-bond acceptors (Lipinski definition) is 7. The quantitative estimate of drug-likeness (QED) is 0.184. The number of nitrogens with zero attached hydrogens (tertiary/aromatic N) is 2. The predicted molar refractivity (Wildman–Crippen MR) is 216 cm³/mol. The molecule has 0 spiro atoms. The van der Waals surface area contributed by atoms with E-state index in [1.807, 2.05) is 18.7 Å². The molecule has 56 heavy (non-hydrogen) atoms. The maximum atomic E-state index is 14.3. The molecule has 7 aliphatic rings. The minimum absolute atomic E-state index is 0.0823. The van der Waals surface area contributed by atoms with E-state index in [9.17, 15) is 24.3 Å². The van der Waals surface area contributed by atoms with Crippen LogP contribution in [0.1, 0.15) is 160 Å². The molecule has 1 aliphatic heterocycles. The number of cyclic esters (lactones) is 1. The smallest absolute Gasteiger partial charge is 0.415 e. The maximum absolute atomic E-state index is 14.3. The first-order chi connectivity index (χ1) is 25.9. The fourth-order valence-corrected chi connectivity index (χ4v) is 14.3. The van der Waals surface area contributed by atoms with Crippen LogP contribution in [0, 0.1) is 62.1 Å². The Balaban J connectivity index is 1.12. The third kappa shape index (κ3) is 6.58. The average Bonchev–Trinajstić information content (AvgIpc) is 3.84. The summed E-state index contributed by atoms with van der Waals surface area (Å²) in [6.07, 6.45) is 12.2. The molecular weight excluding hydrogens is 705 g/mol. The van der Waals surface area contributed by atoms with Crippen LogP contribution in [0.2, 0.25) is 0 Å². The van der Waals surface area contributed by atoms with Crippen LogP contribution in [0.3, 0.4) is 0 Å². The summed E-state index contributed by atoms with van der Waals surface area (Å²) in [5.74, 6) is 1.30. The first-order valence-electron chi connectivity index (χ1n) is 22.4. The van der Waals surface area contributed by atoms with E-state index in [2.05, 4.69) is 53.4 Å². The fraction of sp³-hybridized carbons (Fsp3) is 0.872. The second kappa shape index (κ2) is 13.8. The monoisotopic (exact) mass is 779 g/mol. The molecule has 0 aromatic heterocycles. The van der Waals surface area contributed by atoms with Gasteiger partial charge in [-0.15, -0.1) is 0 Å². The highest BCUT2D eigenvalue weighted by Crippen LogP contribution is 2.77. The van der Waals surface area contributed by atoms with E-state index in [-0.39, 0.29) is 51.6 Å². The number of carbonyl (C=O) groups is 4. The Bertz CT molecular complexity index is 1660. The lowest BCUT2D eigenvalue weighted by molar-refractivity contribution is -0.233. The standard InChI is InChI=1S/C47H74N2O7/c1-29(2)37-32(50)26-47(22-23-48(28-30-12-13-30)24-25-49-40(54)56-43(49,7)8)21-20-45(10)31(38(37)47)14-15-34-44(9)18-17-35(55-36(51)27-41(3,4)39(52)53)42(5,6)33(44)16-19-46(34,45)11/h29-31,33-35H,12-28H2,1-11H3,(H,52,53)/t31-,33?,34?,35+,44+,45-,46-,47-/m1/s1. The van der Waals surface area contributed by atoms with Crippen molar-refractivity contribution in [2.45, 2.75) is 171 Å². The third-order valence-corrected chi connectivity index (χ3v) is 17.9. The largest absolute Gasteiger partial charge is 0.481 e. The van der Waals surface area contributed by atoms with Crippen molar-refractivity contribution >= 4 is 23.8 Å². The van der Waals surface area contributed by atoms with Gasteiger partial charge < -0.3 is 19.5 Å². The molecule has 5 saturated carbocycles. The highest BCUT2D eigenvalue weighted by Gasteiger charge is 2.70. The lowest BCUT2D eigenvalue weighted by atomic mass is 9.33. The number of amides is 1. The van der Waals surface area contributed by atoms with Gasteiger partial charge in [-0.25, -0.2) is 4.79 Å². The van der Waals surface area contributed by atoms with Crippen LogP contribution in [0.15, 0.2) is 11.1 Å². The third-order valence-electron chi connectivity index (χ3n) is 17.9. The Kier molecular flexibility index (Phi) is 10.3. The van der Waals surface area contributed by atoms with Crippen LogP contribution in [0.25, 0.3) is 0 Å². The van der Waals surface area contributed by atoms with Crippen LogP contribution in [-0.4, -0.2) is 76.7 Å². The number of ether oxygens (including phenoxy) is 2. The molecule has 0 aromatic carbocycles. The number of esters is 1. The van der Waals surface area contributed by atoms with Crippen molar-refractivity contribution in [1.29, 1.82) is 0 Å². The van der Waals surface area contributed by atoms with Crippen LogP contribution in [-0.2, 0) is 23.9 Å². The normalized spacial score (nSPS) is 38.7. The fourth-order valence-electron chi connectivity index (χ4n) is 14.3. The molecular formula is C47H74N2O7. The summed E-state index contributed by atoms with van der Waals surface area (Å²) in [6.45, 7) is 27.5. The van der Waals surface area contributed by atoms with Gasteiger partial charge in [-0.2, -0.15) is 0 Å². The second-order valence-corrected chi connectivity index (χ2v) is 22.6. The topological polar surface area (TPSA) is 113 Å². The molecule has 6 aliphatic carbocycles. The SMILES string of the molecule is CC(C)C1=C2[C@H]3CCC4[C@@]5(C)CC[C@H](OC(=O)CC(C)(C)C(=O)O)C(C)(C)C5CC[C@@]4(C)[C@]3(C)CC[C@@]2(CCN(CCN2C(=O)OC2(C)C)CC2CC2)CC1=O. The van der Waals surface area contributed by atoms with E-state index in [1.54, 1.807) is 13.8 Å². The number of aliphatic carboxylic acids is 1. The van der Waals surface area contributed by atoms with E-state index in [1.165, 1.54) is 18.4 Å². The Morgan fingerprint density at radius 3 is 2.20 bits per heavy atom. The summed E-state index contributed by atoms with van der Waals surface area (Å²) >= 11 is 0. The molecule has 1 saturated heterocycles. The number of ketones is 1. The van der Waals surface area contributed by atoms with Crippen molar-refractivity contribution in [2.75, 3.05) is 26.2 Å². The molecule has 9 heteroatoms. The maximum Gasteiger partial charge on any atom is 0.415 e. The van der Waals surface area contributed by atoms with E-state index < -0.39 is 23.1 Å². The number of allylic oxidation sites excluding steroid dienone is 2. The zero-order chi connectivity index (χ0) is 41.0. The van der Waals surface area contributed by atoms with E-state index in [0.29, 0.717) is 36.5 Å². The van der Waals surface area contributed by atoms with Crippen LogP contribution in [0.4, 0.5) is 4.79 Å². The summed E-state index contributed by atoms with van der Waals surface area (Å²) < 4.78 is 11.6. The molecule has 7 rings (SSSR count). The molecule has 9 nitrogen and oxygen atoms in total. The Hall–Kier alpha value is -2.42. The van der Waals surface area contributed by atoms with Gasteiger partial charge in [0.2, 0.25) is 0 Å². The molecule has 8 atom stereocenters. The molecule has 0 bridgehead atoms. The van der Waals surface area contributed by atoms with Crippen molar-refractivity contribution in [1.82, 2.24) is 9.80 Å². The lowest BCUT2D eigenvalue weighted by Gasteiger charge is -2.72. The highest BCUT2D eigenvalue weighted by atomic mass is 16.6. The van der Waals surface area contributed by atoms with Crippen molar-refractivity contribution in [3.63, 3.8) is 0 Å². The molecule has 6 fully saturated rings. The lowest BCUT2D eigenvalue weighted by Crippen LogP contribution is -2.65. The highest BCUT2D eigenvalue weighted by molar-refractivity contribution is 6.00. The molecule has 1 heterocycles. The number of carboxylic acids is 1. The van der Waals surface area contributed by atoms with Gasteiger partial charge in [-0.3, -0.25) is 19.3 Å². The molecule has 2 unspecified atom stereocenters. The van der Waals surface area contributed by atoms with Gasteiger partial charge in [0.1, 0.15) is 6.10 Å². The van der Waals surface area contributed by atoms with Gasteiger partial charge >= 0.3 is 18.0 Å². The van der Waals surface area contributed by atoms with E-state index in [4.69, 9.17) is 9.47 Å². The number of hydrogen-bond donors (Lipinski definition) is 1. The van der Waals surface area contributed by atoms with Crippen LogP contribution >= 0.6 is 0 Å². The number of rotatable bonds is 13. The van der Waals surface area contributed by atoms with Crippen LogP contribution in [0.5, 0.6) is 0 Å². The van der Waals surface area contributed by atoms with Crippen molar-refractivity contribution in [3.05, 3.63) is 11.1 Å². The number of Topliss-reactive ketones (excluding diaryl/α,β-unsaturated/α-hetero) is 1. The summed E-state index contributed by atoms with van der Waals surface area (Å²) in [5, 5.41) is 9.65. The molecule has 314 valence electrons. The summed E-state index contributed by atoms with van der Waals surface area (Å²) in [6, 6.07) is 0. The van der Waals surface area contributed by atoms with Gasteiger partial charge in [0.25, 0.3) is 0 Å². The minimum atomic E-state index is -1.16. The molecule has 1 amide bonds. The zero-order valence-corrected chi connectivity index (χ0v) is 36.8. The summed E-state index contributed by atoms with van der Waals surface area (Å²) in [4.78, 5) is 56.0. The van der Waals surface area contributed by atoms with E-state index in [0.717, 1.165) is 88.9 Å². The van der Waals surface area contributed by atoms with Crippen molar-refractivity contribution in [3.8, 4) is 0 Å². The van der Waals surface area contributed by atoms with Gasteiger partial charge in [-0.05, 0) is 156 Å².